The molecule has 114 valence electrons. The van der Waals surface area contributed by atoms with Gasteiger partial charge in [-0.3, -0.25) is 0 Å². The van der Waals surface area contributed by atoms with E-state index in [4.69, 9.17) is 14.5 Å². The third-order valence-corrected chi connectivity index (χ3v) is 5.22. The molecule has 0 amide bonds. The Balaban J connectivity index is 2.12. The van der Waals surface area contributed by atoms with Crippen LogP contribution in [-0.4, -0.2) is 51.0 Å². The number of nitrogens with zero attached hydrogens (tertiary/aromatic N) is 2. The molecule has 0 spiro atoms. The number of ether oxygens (including phenoxy) is 2. The Morgan fingerprint density at radius 3 is 2.45 bits per heavy atom. The highest BCUT2D eigenvalue weighted by Crippen LogP contribution is 2.33. The zero-order valence-corrected chi connectivity index (χ0v) is 13.8. The van der Waals surface area contributed by atoms with Crippen molar-refractivity contribution in [3.63, 3.8) is 0 Å². The molecule has 0 radical (unpaired) electrons. The van der Waals surface area contributed by atoms with E-state index in [-0.39, 0.29) is 12.2 Å². The number of rotatable bonds is 6. The molecule has 0 aliphatic carbocycles. The number of nitrogens with one attached hydrogen (secondary N) is 1. The average molecular weight is 299 g/mol. The standard InChI is InChI=1S/C14H25N3O2S/c1-6-15-9(2)13-10(3)16-14(20-13)17-7-11(18-4)12(8-17)19-5/h9,11-12,15H,6-8H2,1-5H3. The summed E-state index contributed by atoms with van der Waals surface area (Å²) in [5, 5.41) is 4.52. The molecule has 1 aromatic heterocycles. The second-order valence-electron chi connectivity index (χ2n) is 5.18. The SMILES string of the molecule is CCNC(C)c1sc(N2CC(OC)C(OC)C2)nc1C. The van der Waals surface area contributed by atoms with Crippen molar-refractivity contribution in [2.75, 3.05) is 38.8 Å². The summed E-state index contributed by atoms with van der Waals surface area (Å²) < 4.78 is 11.0. The van der Waals surface area contributed by atoms with Gasteiger partial charge in [0.05, 0.1) is 5.69 Å². The van der Waals surface area contributed by atoms with Crippen LogP contribution in [0.1, 0.15) is 30.5 Å². The molecule has 6 heteroatoms. The summed E-state index contributed by atoms with van der Waals surface area (Å²) in [6.45, 7) is 9.05. The van der Waals surface area contributed by atoms with Gasteiger partial charge in [0.1, 0.15) is 12.2 Å². The van der Waals surface area contributed by atoms with Crippen LogP contribution >= 0.6 is 11.3 Å². The number of hydrogen-bond acceptors (Lipinski definition) is 6. The average Bonchev–Trinajstić information content (AvgIpc) is 3.01. The highest BCUT2D eigenvalue weighted by molar-refractivity contribution is 7.15. The number of aryl methyl sites for hydroxylation is 1. The van der Waals surface area contributed by atoms with Crippen molar-refractivity contribution in [3.05, 3.63) is 10.6 Å². The van der Waals surface area contributed by atoms with E-state index >= 15 is 0 Å². The monoisotopic (exact) mass is 299 g/mol. The van der Waals surface area contributed by atoms with E-state index in [1.54, 1.807) is 25.6 Å². The molecule has 1 aliphatic heterocycles. The third-order valence-electron chi connectivity index (χ3n) is 3.82. The van der Waals surface area contributed by atoms with E-state index in [0.29, 0.717) is 6.04 Å². The number of aromatic nitrogens is 1. The van der Waals surface area contributed by atoms with Crippen molar-refractivity contribution in [2.45, 2.75) is 39.0 Å². The first kappa shape index (κ1) is 15.7. The maximum atomic E-state index is 5.49. The molecule has 0 saturated carbocycles. The second kappa shape index (κ2) is 6.85. The van der Waals surface area contributed by atoms with E-state index in [1.165, 1.54) is 4.88 Å². The Morgan fingerprint density at radius 1 is 1.35 bits per heavy atom. The van der Waals surface area contributed by atoms with Gasteiger partial charge in [-0.2, -0.15) is 0 Å². The molecule has 1 aliphatic rings. The predicted molar refractivity (Wildman–Crippen MR) is 82.7 cm³/mol. The first-order valence-electron chi connectivity index (χ1n) is 7.11. The Bertz CT molecular complexity index is 426. The number of thiazole rings is 1. The Labute approximate surface area is 125 Å². The summed E-state index contributed by atoms with van der Waals surface area (Å²) in [5.41, 5.74) is 1.12. The molecule has 0 bridgehead atoms. The molecular formula is C14H25N3O2S. The zero-order chi connectivity index (χ0) is 14.7. The molecule has 5 nitrogen and oxygen atoms in total. The van der Waals surface area contributed by atoms with E-state index in [1.807, 2.05) is 0 Å². The lowest BCUT2D eigenvalue weighted by Gasteiger charge is -2.13. The van der Waals surface area contributed by atoms with Crippen LogP contribution in [0.2, 0.25) is 0 Å². The van der Waals surface area contributed by atoms with Crippen LogP contribution in [0.3, 0.4) is 0 Å². The molecule has 20 heavy (non-hydrogen) atoms. The molecule has 2 rings (SSSR count). The van der Waals surface area contributed by atoms with Gasteiger partial charge < -0.3 is 19.7 Å². The van der Waals surface area contributed by atoms with Gasteiger partial charge in [-0.1, -0.05) is 6.92 Å². The quantitative estimate of drug-likeness (QED) is 0.870. The Kier molecular flexibility index (Phi) is 5.37. The highest BCUT2D eigenvalue weighted by atomic mass is 32.1. The lowest BCUT2D eigenvalue weighted by molar-refractivity contribution is -0.00461. The highest BCUT2D eigenvalue weighted by Gasteiger charge is 2.34. The molecule has 1 fully saturated rings. The second-order valence-corrected chi connectivity index (χ2v) is 6.19. The van der Waals surface area contributed by atoms with E-state index in [2.05, 4.69) is 31.0 Å². The predicted octanol–water partition coefficient (Wildman–Crippen LogP) is 1.97. The van der Waals surface area contributed by atoms with Crippen molar-refractivity contribution in [2.24, 2.45) is 0 Å². The van der Waals surface area contributed by atoms with Crippen molar-refractivity contribution in [1.82, 2.24) is 10.3 Å². The summed E-state index contributed by atoms with van der Waals surface area (Å²) in [4.78, 5) is 8.31. The van der Waals surface area contributed by atoms with E-state index in [9.17, 15) is 0 Å². The minimum atomic E-state index is 0.124. The normalized spacial score (nSPS) is 24.4. The van der Waals surface area contributed by atoms with Gasteiger partial charge in [-0.25, -0.2) is 4.98 Å². The summed E-state index contributed by atoms with van der Waals surface area (Å²) in [7, 11) is 3.48. The van der Waals surface area contributed by atoms with Crippen molar-refractivity contribution in [1.29, 1.82) is 0 Å². The molecule has 1 saturated heterocycles. The zero-order valence-electron chi connectivity index (χ0n) is 13.0. The van der Waals surface area contributed by atoms with E-state index < -0.39 is 0 Å². The maximum absolute atomic E-state index is 5.49. The van der Waals surface area contributed by atoms with Gasteiger partial charge in [-0.15, -0.1) is 11.3 Å². The van der Waals surface area contributed by atoms with Gasteiger partial charge in [0, 0.05) is 38.2 Å². The Morgan fingerprint density at radius 2 is 1.95 bits per heavy atom. The lowest BCUT2D eigenvalue weighted by Crippen LogP contribution is -2.27. The van der Waals surface area contributed by atoms with Crippen molar-refractivity contribution >= 4 is 16.5 Å². The molecule has 3 unspecified atom stereocenters. The fourth-order valence-electron chi connectivity index (χ4n) is 2.68. The fourth-order valence-corrected chi connectivity index (χ4v) is 3.79. The topological polar surface area (TPSA) is 46.6 Å². The van der Waals surface area contributed by atoms with Crippen LogP contribution in [0.5, 0.6) is 0 Å². The van der Waals surface area contributed by atoms with Crippen LogP contribution in [-0.2, 0) is 9.47 Å². The van der Waals surface area contributed by atoms with Gasteiger partial charge in [0.25, 0.3) is 0 Å². The van der Waals surface area contributed by atoms with Crippen molar-refractivity contribution < 1.29 is 9.47 Å². The molecule has 2 heterocycles. The molecule has 3 atom stereocenters. The third kappa shape index (κ3) is 3.14. The molecule has 1 aromatic rings. The van der Waals surface area contributed by atoms with Gasteiger partial charge in [-0.05, 0) is 20.4 Å². The van der Waals surface area contributed by atoms with Crippen molar-refractivity contribution in [3.8, 4) is 0 Å². The lowest BCUT2D eigenvalue weighted by atomic mass is 10.2. The first-order chi connectivity index (χ1) is 9.60. The smallest absolute Gasteiger partial charge is 0.186 e. The molecule has 0 aromatic carbocycles. The van der Waals surface area contributed by atoms with Gasteiger partial charge in [0.2, 0.25) is 0 Å². The first-order valence-corrected chi connectivity index (χ1v) is 7.93. The van der Waals surface area contributed by atoms with Crippen LogP contribution < -0.4 is 10.2 Å². The Hall–Kier alpha value is -0.690. The minimum absolute atomic E-state index is 0.124. The largest absolute Gasteiger partial charge is 0.377 e. The number of methoxy groups -OCH3 is 2. The van der Waals surface area contributed by atoms with Gasteiger partial charge >= 0.3 is 0 Å². The summed E-state index contributed by atoms with van der Waals surface area (Å²) in [5.74, 6) is 0. The summed E-state index contributed by atoms with van der Waals surface area (Å²) in [6, 6.07) is 0.352. The number of hydrogen-bond donors (Lipinski definition) is 1. The maximum Gasteiger partial charge on any atom is 0.186 e. The van der Waals surface area contributed by atoms with Crippen LogP contribution in [0.15, 0.2) is 0 Å². The fraction of sp³-hybridized carbons (Fsp3) is 0.786. The molecular weight excluding hydrogens is 274 g/mol. The number of anilines is 1. The molecule has 1 N–H and O–H groups in total. The van der Waals surface area contributed by atoms with Crippen LogP contribution in [0.25, 0.3) is 0 Å². The summed E-state index contributed by atoms with van der Waals surface area (Å²) >= 11 is 1.77. The minimum Gasteiger partial charge on any atom is -0.377 e. The van der Waals surface area contributed by atoms with Gasteiger partial charge in [0.15, 0.2) is 5.13 Å². The van der Waals surface area contributed by atoms with E-state index in [0.717, 1.165) is 30.5 Å². The van der Waals surface area contributed by atoms with Crippen LogP contribution in [0.4, 0.5) is 5.13 Å². The summed E-state index contributed by atoms with van der Waals surface area (Å²) in [6.07, 6.45) is 0.248. The van der Waals surface area contributed by atoms with Crippen LogP contribution in [0, 0.1) is 6.92 Å².